The molecule has 0 fully saturated rings. The molecule has 5 aromatic rings. The molecule has 0 atom stereocenters. The average Bonchev–Trinajstić information content (AvgIpc) is 3.00. The van der Waals surface area contributed by atoms with Crippen LogP contribution in [0.5, 0.6) is 0 Å². The first kappa shape index (κ1) is 37.3. The summed E-state index contributed by atoms with van der Waals surface area (Å²) < 4.78 is 59.6. The maximum atomic E-state index is 13.4. The zero-order chi connectivity index (χ0) is 34.8. The van der Waals surface area contributed by atoms with Crippen LogP contribution in [0, 0.1) is 27.7 Å². The minimum atomic E-state index is -11.2. The first-order valence-electron chi connectivity index (χ1n) is 14.0. The summed E-state index contributed by atoms with van der Waals surface area (Å²) in [4.78, 5) is 19.4. The monoisotopic (exact) mass is 834 g/mol. The number of carbonyl (C=O) groups excluding carboxylic acids is 1. The van der Waals surface area contributed by atoms with Gasteiger partial charge in [-0.1, -0.05) is 65.3 Å². The fourth-order valence-corrected chi connectivity index (χ4v) is 8.23. The predicted molar refractivity (Wildman–Crippen MR) is 183 cm³/mol. The number of halogens is 8. The van der Waals surface area contributed by atoms with Crippen molar-refractivity contribution in [2.45, 2.75) is 52.2 Å². The molecule has 0 saturated heterocycles. The first-order chi connectivity index (χ1) is 21.7. The molecule has 5 rings (SSSR count). The maximum absolute atomic E-state index is 13.4. The third kappa shape index (κ3) is 10.7. The van der Waals surface area contributed by atoms with E-state index in [2.05, 4.69) is 76.2 Å². The van der Waals surface area contributed by atoms with Gasteiger partial charge in [0.1, 0.15) is 0 Å². The molecule has 5 aromatic carbocycles. The normalized spacial score (nSPS) is 13.0. The zero-order valence-electron chi connectivity index (χ0n) is 25.5. The first-order valence-corrected chi connectivity index (χ1v) is 22.6. The van der Waals surface area contributed by atoms with E-state index in [-0.39, 0.29) is 16.7 Å². The molecule has 1 nitrogen and oxygen atoms in total. The van der Waals surface area contributed by atoms with Crippen molar-refractivity contribution in [3.8, 4) is 0 Å². The Morgan fingerprint density at radius 1 is 0.574 bits per heavy atom. The summed E-state index contributed by atoms with van der Waals surface area (Å²) in [5.74, 6) is 0.0825. The van der Waals surface area contributed by atoms with Crippen molar-refractivity contribution >= 4 is 71.1 Å². The summed E-state index contributed by atoms with van der Waals surface area (Å²) in [6, 6.07) is 34.5. The van der Waals surface area contributed by atoms with Crippen molar-refractivity contribution in [2.24, 2.45) is 0 Å². The number of hydrogen-bond donors (Lipinski definition) is 0. The molecule has 0 aliphatic heterocycles. The molecular formula is C35H29Cl2F6OS2Sb. The van der Waals surface area contributed by atoms with Gasteiger partial charge in [0.15, 0.2) is 20.5 Å². The van der Waals surface area contributed by atoms with Gasteiger partial charge in [-0.3, -0.25) is 4.79 Å². The molecule has 0 aliphatic rings. The number of rotatable bonds is 7. The Morgan fingerprint density at radius 2 is 0.936 bits per heavy atom. The Hall–Kier alpha value is -2.55. The van der Waals surface area contributed by atoms with E-state index >= 15 is 0 Å². The molecule has 0 radical (unpaired) electrons. The molecule has 0 N–H and O–H groups in total. The van der Waals surface area contributed by atoms with Crippen molar-refractivity contribution in [1.82, 2.24) is 0 Å². The van der Waals surface area contributed by atoms with Gasteiger partial charge in [0, 0.05) is 31.0 Å². The van der Waals surface area contributed by atoms with Crippen LogP contribution >= 0.6 is 35.0 Å². The number of hydrogen-bond acceptors (Lipinski definition) is 2. The molecule has 0 saturated carbocycles. The van der Waals surface area contributed by atoms with Crippen LogP contribution in [0.1, 0.15) is 38.2 Å². The molecule has 0 aliphatic carbocycles. The van der Waals surface area contributed by atoms with Crippen molar-refractivity contribution in [1.29, 1.82) is 0 Å². The molecule has 12 heteroatoms. The SMILES string of the molecule is Cc1c(C)c(C(=O)c2ccccc2)c(C)c(C)c1Sc1ccc([S+](c2ccc(Cl)cc2)c2ccc(Cl)cc2)cc1.[F][Sb-]([F])([F])([F])([F])[F]. The zero-order valence-corrected chi connectivity index (χ0v) is 31.2. The third-order valence-corrected chi connectivity index (χ3v) is 11.3. The molecular weight excluding hydrogens is 807 g/mol. The molecule has 248 valence electrons. The number of ketones is 1. The average molecular weight is 836 g/mol. The van der Waals surface area contributed by atoms with Crippen LogP contribution in [0.25, 0.3) is 0 Å². The summed E-state index contributed by atoms with van der Waals surface area (Å²) in [5.41, 5.74) is 5.93. The second-order valence-corrected chi connectivity index (χ2v) is 20.1. The van der Waals surface area contributed by atoms with E-state index in [1.165, 1.54) is 19.6 Å². The molecule has 0 amide bonds. The van der Waals surface area contributed by atoms with E-state index in [9.17, 15) is 21.7 Å². The Kier molecular flexibility index (Phi) is 10.9. The minimum absolute atomic E-state index is 0.0825. The van der Waals surface area contributed by atoms with E-state index < -0.39 is 19.5 Å². The van der Waals surface area contributed by atoms with Crippen LogP contribution in [-0.2, 0) is 10.9 Å². The summed E-state index contributed by atoms with van der Waals surface area (Å²) in [7, 11) is -0.293. The quantitative estimate of drug-likeness (QED) is 0.0703. The van der Waals surface area contributed by atoms with Crippen molar-refractivity contribution in [3.05, 3.63) is 147 Å². The van der Waals surface area contributed by atoms with Gasteiger partial charge in [-0.15, -0.1) is 0 Å². The summed E-state index contributed by atoms with van der Waals surface area (Å²) in [6.07, 6.45) is 0. The molecule has 0 unspecified atom stereocenters. The van der Waals surface area contributed by atoms with E-state index in [4.69, 9.17) is 23.2 Å². The molecule has 0 aromatic heterocycles. The summed E-state index contributed by atoms with van der Waals surface area (Å²) >= 11 is 2.90. The Labute approximate surface area is 289 Å². The van der Waals surface area contributed by atoms with Crippen molar-refractivity contribution < 1.29 is 21.7 Å². The van der Waals surface area contributed by atoms with Gasteiger partial charge in [-0.05, 0) is 123 Å². The van der Waals surface area contributed by atoms with Crippen molar-refractivity contribution in [2.75, 3.05) is 0 Å². The van der Waals surface area contributed by atoms with Crippen LogP contribution in [0.2, 0.25) is 10.0 Å². The fraction of sp³-hybridized carbons (Fsp3) is 0.114. The predicted octanol–water partition coefficient (Wildman–Crippen LogP) is 12.8. The fourth-order valence-electron chi connectivity index (χ4n) is 4.82. The topological polar surface area (TPSA) is 17.1 Å². The third-order valence-electron chi connectivity index (χ3n) is 7.20. The van der Waals surface area contributed by atoms with Gasteiger partial charge in [0.25, 0.3) is 0 Å². The van der Waals surface area contributed by atoms with Crippen LogP contribution in [0.3, 0.4) is 0 Å². The Morgan fingerprint density at radius 3 is 1.32 bits per heavy atom. The number of benzene rings is 5. The van der Waals surface area contributed by atoms with Crippen LogP contribution in [0.4, 0.5) is 16.9 Å². The van der Waals surface area contributed by atoms with Gasteiger partial charge in [-0.2, -0.15) is 0 Å². The number of carbonyl (C=O) groups is 1. The van der Waals surface area contributed by atoms with E-state index in [1.54, 1.807) is 11.8 Å². The van der Waals surface area contributed by atoms with Crippen molar-refractivity contribution in [3.63, 3.8) is 0 Å². The van der Waals surface area contributed by atoms with Crippen LogP contribution < -0.4 is 0 Å². The Balaban J connectivity index is 0.000000644. The van der Waals surface area contributed by atoms with Crippen LogP contribution in [-0.4, -0.2) is 25.3 Å². The molecule has 0 spiro atoms. The van der Waals surface area contributed by atoms with Gasteiger partial charge in [0.2, 0.25) is 0 Å². The van der Waals surface area contributed by atoms with Gasteiger partial charge in [-0.25, -0.2) is 0 Å². The van der Waals surface area contributed by atoms with Gasteiger partial charge in [0.05, 0.1) is 10.9 Å². The summed E-state index contributed by atoms with van der Waals surface area (Å²) in [6.45, 7) is 8.38. The molecule has 0 bridgehead atoms. The molecule has 0 heterocycles. The van der Waals surface area contributed by atoms with E-state index in [1.807, 2.05) is 54.6 Å². The second kappa shape index (κ2) is 13.8. The Bertz CT molecular complexity index is 1820. The molecule has 47 heavy (non-hydrogen) atoms. The second-order valence-electron chi connectivity index (χ2n) is 10.6. The van der Waals surface area contributed by atoms with E-state index in [0.717, 1.165) is 48.3 Å². The van der Waals surface area contributed by atoms with Gasteiger partial charge >= 0.3 is 36.4 Å². The summed E-state index contributed by atoms with van der Waals surface area (Å²) in [5, 5.41) is 1.45. The standard InChI is InChI=1S/C35H29Cl2OS2.6FH.Sb/c1-22-24(3)35(25(4)23(2)33(22)34(38)26-8-6-5-7-9-26)39-29-14-20-32(21-15-29)40(30-16-10-27(36)11-17-30)31-18-12-28(37)13-19-31;;;;;;;/h5-21H,1-4H3;6*1H;/q+1;;;;;;;+5/p-6. The van der Waals surface area contributed by atoms with Gasteiger partial charge < -0.3 is 0 Å². The van der Waals surface area contributed by atoms with Crippen LogP contribution in [0.15, 0.2) is 128 Å². The van der Waals surface area contributed by atoms with E-state index in [0.29, 0.717) is 0 Å².